The van der Waals surface area contributed by atoms with Gasteiger partial charge in [-0.05, 0) is 22.3 Å². The van der Waals surface area contributed by atoms with E-state index in [2.05, 4.69) is 27.4 Å². The van der Waals surface area contributed by atoms with Crippen LogP contribution in [-0.4, -0.2) is 58.6 Å². The summed E-state index contributed by atoms with van der Waals surface area (Å²) in [6.45, 7) is 2.90. The Kier molecular flexibility index (Phi) is 6.42. The topological polar surface area (TPSA) is 81.2 Å². The van der Waals surface area contributed by atoms with Gasteiger partial charge < -0.3 is 31.5 Å². The van der Waals surface area contributed by atoms with Gasteiger partial charge in [-0.2, -0.15) is 0 Å². The van der Waals surface area contributed by atoms with Crippen molar-refractivity contribution in [2.75, 3.05) is 31.5 Å². The summed E-state index contributed by atoms with van der Waals surface area (Å²) >= 11 is 0. The second kappa shape index (κ2) is 9.51. The van der Waals surface area contributed by atoms with Gasteiger partial charge in [-0.1, -0.05) is 48.5 Å². The van der Waals surface area contributed by atoms with E-state index in [1.165, 1.54) is 0 Å². The lowest BCUT2D eigenvalue weighted by atomic mass is 9.83. The SMILES string of the molecule is O=C(C[N+]12CCC(CC1)[C@@H](OC(=O)C1c3ccccc3-c3ccccc31)C2)Nc1cnccn1.[Br-]. The molecule has 2 bridgehead atoms. The number of carbonyl (C=O) groups excluding carboxylic acids is 2. The normalized spacial score (nSPS) is 24.1. The molecule has 8 heteroatoms. The minimum absolute atomic E-state index is 0. The van der Waals surface area contributed by atoms with Crippen LogP contribution >= 0.6 is 0 Å². The number of hydrogen-bond acceptors (Lipinski definition) is 5. The van der Waals surface area contributed by atoms with Crippen LogP contribution < -0.4 is 22.3 Å². The van der Waals surface area contributed by atoms with Gasteiger partial charge in [-0.3, -0.25) is 14.6 Å². The molecular formula is C27H27BrN4O3. The highest BCUT2D eigenvalue weighted by molar-refractivity contribution is 5.93. The largest absolute Gasteiger partial charge is 1.00 e. The molecule has 3 fully saturated rings. The van der Waals surface area contributed by atoms with Gasteiger partial charge in [-0.25, -0.2) is 4.98 Å². The molecule has 180 valence electrons. The molecule has 7 rings (SSSR count). The first-order valence-electron chi connectivity index (χ1n) is 11.9. The number of esters is 1. The number of quaternary nitrogens is 1. The summed E-state index contributed by atoms with van der Waals surface area (Å²) in [6.07, 6.45) is 6.44. The number of aromatic nitrogens is 2. The average molecular weight is 535 g/mol. The number of anilines is 1. The Bertz CT molecular complexity index is 1200. The lowest BCUT2D eigenvalue weighted by Crippen LogP contribution is -3.00. The van der Waals surface area contributed by atoms with Crippen molar-refractivity contribution in [3.05, 3.63) is 78.2 Å². The average Bonchev–Trinajstić information content (AvgIpc) is 3.19. The van der Waals surface area contributed by atoms with Crippen molar-refractivity contribution in [1.29, 1.82) is 0 Å². The molecule has 35 heavy (non-hydrogen) atoms. The highest BCUT2D eigenvalue weighted by Gasteiger charge is 2.49. The Morgan fingerprint density at radius 1 is 0.971 bits per heavy atom. The van der Waals surface area contributed by atoms with Crippen molar-refractivity contribution < 1.29 is 35.8 Å². The third-order valence-corrected chi connectivity index (χ3v) is 7.69. The number of piperidine rings is 3. The van der Waals surface area contributed by atoms with Gasteiger partial charge in [0.1, 0.15) is 12.5 Å². The lowest BCUT2D eigenvalue weighted by Gasteiger charge is -2.51. The van der Waals surface area contributed by atoms with Crippen LogP contribution in [0.3, 0.4) is 0 Å². The summed E-state index contributed by atoms with van der Waals surface area (Å²) in [5.74, 6) is 0.164. The number of carbonyl (C=O) groups is 2. The quantitative estimate of drug-likeness (QED) is 0.378. The maximum Gasteiger partial charge on any atom is 0.318 e. The van der Waals surface area contributed by atoms with Crippen LogP contribution in [0, 0.1) is 5.92 Å². The van der Waals surface area contributed by atoms with Crippen LogP contribution in [0.1, 0.15) is 29.9 Å². The van der Waals surface area contributed by atoms with E-state index in [4.69, 9.17) is 4.74 Å². The number of amides is 1. The Morgan fingerprint density at radius 2 is 1.63 bits per heavy atom. The van der Waals surface area contributed by atoms with Crippen LogP contribution in [0.4, 0.5) is 5.82 Å². The predicted molar refractivity (Wildman–Crippen MR) is 127 cm³/mol. The maximum absolute atomic E-state index is 13.6. The van der Waals surface area contributed by atoms with Gasteiger partial charge in [-0.15, -0.1) is 0 Å². The number of nitrogens with one attached hydrogen (secondary N) is 1. The van der Waals surface area contributed by atoms with Crippen molar-refractivity contribution in [2.24, 2.45) is 5.92 Å². The summed E-state index contributed by atoms with van der Waals surface area (Å²) in [4.78, 5) is 34.5. The molecule has 1 amide bonds. The van der Waals surface area contributed by atoms with Gasteiger partial charge in [0.2, 0.25) is 0 Å². The molecule has 0 saturated carbocycles. The first-order chi connectivity index (χ1) is 16.6. The molecule has 0 unspecified atom stereocenters. The summed E-state index contributed by atoms with van der Waals surface area (Å²) in [7, 11) is 0. The number of ether oxygens (including phenoxy) is 1. The van der Waals surface area contributed by atoms with Crippen LogP contribution in [0.5, 0.6) is 0 Å². The second-order valence-corrected chi connectivity index (χ2v) is 9.69. The number of benzene rings is 2. The molecule has 0 radical (unpaired) electrons. The summed E-state index contributed by atoms with van der Waals surface area (Å²) in [5.41, 5.74) is 4.25. The molecule has 3 aliphatic heterocycles. The van der Waals surface area contributed by atoms with Crippen molar-refractivity contribution >= 4 is 17.7 Å². The van der Waals surface area contributed by atoms with Crippen molar-refractivity contribution in [3.8, 4) is 11.1 Å². The number of rotatable bonds is 5. The molecule has 7 nitrogen and oxygen atoms in total. The first kappa shape index (κ1) is 23.6. The summed E-state index contributed by atoms with van der Waals surface area (Å²) < 4.78 is 6.89. The molecule has 3 aromatic rings. The van der Waals surface area contributed by atoms with E-state index < -0.39 is 5.92 Å². The monoisotopic (exact) mass is 534 g/mol. The zero-order valence-corrected chi connectivity index (χ0v) is 20.9. The predicted octanol–water partition coefficient (Wildman–Crippen LogP) is 0.384. The summed E-state index contributed by atoms with van der Waals surface area (Å²) in [5, 5.41) is 2.85. The number of fused-ring (bicyclic) bond motifs is 6. The van der Waals surface area contributed by atoms with Crippen LogP contribution in [0.25, 0.3) is 11.1 Å². The van der Waals surface area contributed by atoms with Gasteiger partial charge in [0.15, 0.2) is 18.5 Å². The zero-order valence-electron chi connectivity index (χ0n) is 19.3. The van der Waals surface area contributed by atoms with Gasteiger partial charge in [0.25, 0.3) is 5.91 Å². The van der Waals surface area contributed by atoms with E-state index >= 15 is 0 Å². The van der Waals surface area contributed by atoms with E-state index in [0.717, 1.165) is 48.2 Å². The molecule has 2 aromatic carbocycles. The van der Waals surface area contributed by atoms with Crippen LogP contribution in [-0.2, 0) is 14.3 Å². The Morgan fingerprint density at radius 3 is 2.26 bits per heavy atom. The fraction of sp³-hybridized carbons (Fsp3) is 0.333. The molecule has 1 aromatic heterocycles. The third kappa shape index (κ3) is 4.36. The number of hydrogen-bond donors (Lipinski definition) is 1. The Balaban J connectivity index is 0.00000253. The molecule has 1 aliphatic carbocycles. The van der Waals surface area contributed by atoms with Crippen molar-refractivity contribution in [3.63, 3.8) is 0 Å². The van der Waals surface area contributed by atoms with Crippen LogP contribution in [0.15, 0.2) is 67.1 Å². The molecule has 4 heterocycles. The van der Waals surface area contributed by atoms with Gasteiger partial charge in [0, 0.05) is 31.2 Å². The fourth-order valence-electron chi connectivity index (χ4n) is 6.05. The third-order valence-electron chi connectivity index (χ3n) is 7.69. The van der Waals surface area contributed by atoms with Crippen LogP contribution in [0.2, 0.25) is 0 Å². The highest BCUT2D eigenvalue weighted by atomic mass is 79.9. The van der Waals surface area contributed by atoms with E-state index in [-0.39, 0.29) is 35.0 Å². The lowest BCUT2D eigenvalue weighted by molar-refractivity contribution is -0.938. The highest BCUT2D eigenvalue weighted by Crippen LogP contribution is 2.46. The smallest absolute Gasteiger partial charge is 0.318 e. The van der Waals surface area contributed by atoms with Crippen molar-refractivity contribution in [1.82, 2.24) is 9.97 Å². The van der Waals surface area contributed by atoms with E-state index in [1.807, 2.05) is 36.4 Å². The Labute approximate surface area is 214 Å². The molecule has 4 aliphatic rings. The van der Waals surface area contributed by atoms with Crippen molar-refractivity contribution in [2.45, 2.75) is 24.9 Å². The number of halogens is 1. The molecule has 1 atom stereocenters. The minimum Gasteiger partial charge on any atom is -1.00 e. The zero-order chi connectivity index (χ0) is 23.1. The van der Waals surface area contributed by atoms with E-state index in [1.54, 1.807) is 18.6 Å². The van der Waals surface area contributed by atoms with Gasteiger partial charge >= 0.3 is 5.97 Å². The second-order valence-electron chi connectivity index (χ2n) is 9.69. The maximum atomic E-state index is 13.6. The first-order valence-corrected chi connectivity index (χ1v) is 11.9. The standard InChI is InChI=1S/C27H26N4O3.BrH/c32-25(30-24-15-28-11-12-29-24)17-31-13-9-18(10-14-31)23(16-31)34-27(33)26-21-7-3-1-5-19(21)20-6-2-4-8-22(20)26;/h1-8,11-12,15,18,23,26H,9-10,13-14,16-17H2;1H/t18?,23-,31?;/m0./s1. The summed E-state index contributed by atoms with van der Waals surface area (Å²) in [6, 6.07) is 16.2. The minimum atomic E-state index is -0.392. The number of nitrogens with zero attached hydrogens (tertiary/aromatic N) is 3. The molecule has 0 spiro atoms. The van der Waals surface area contributed by atoms with Gasteiger partial charge in [0.05, 0.1) is 19.3 Å². The molecule has 3 saturated heterocycles. The Hall–Kier alpha value is -3.10. The molecule has 1 N–H and O–H groups in total. The fourth-order valence-corrected chi connectivity index (χ4v) is 6.05. The molecular weight excluding hydrogens is 508 g/mol. The van der Waals surface area contributed by atoms with E-state index in [9.17, 15) is 9.59 Å². The van der Waals surface area contributed by atoms with E-state index in [0.29, 0.717) is 29.3 Å².